The second-order valence-electron chi connectivity index (χ2n) is 6.40. The third-order valence-electron chi connectivity index (χ3n) is 4.54. The summed E-state index contributed by atoms with van der Waals surface area (Å²) >= 11 is 6.12. The van der Waals surface area contributed by atoms with Gasteiger partial charge in [0, 0.05) is 6.04 Å². The Balaban J connectivity index is 0.00000180. The van der Waals surface area contributed by atoms with Gasteiger partial charge in [-0.05, 0) is 34.4 Å². The van der Waals surface area contributed by atoms with E-state index in [1.54, 1.807) is 6.07 Å². The average molecular weight is 299 g/mol. The number of benzene rings is 1. The van der Waals surface area contributed by atoms with Crippen LogP contribution in [0.2, 0.25) is 5.02 Å². The van der Waals surface area contributed by atoms with Crippen LogP contribution in [0.25, 0.3) is 0 Å². The van der Waals surface area contributed by atoms with Crippen molar-refractivity contribution < 1.29 is 0 Å². The Morgan fingerprint density at radius 1 is 1.21 bits per heavy atom. The predicted octanol–water partition coefficient (Wildman–Crippen LogP) is 4.11. The van der Waals surface area contributed by atoms with Crippen LogP contribution in [0.15, 0.2) is 18.2 Å². The van der Waals surface area contributed by atoms with Crippen molar-refractivity contribution in [2.75, 3.05) is 0 Å². The molecule has 0 saturated heterocycles. The lowest BCUT2D eigenvalue weighted by molar-refractivity contribution is -0.0560. The predicted molar refractivity (Wildman–Crippen MR) is 81.7 cm³/mol. The zero-order chi connectivity index (χ0) is 13.7. The van der Waals surface area contributed by atoms with Crippen LogP contribution < -0.4 is 5.73 Å². The van der Waals surface area contributed by atoms with E-state index in [-0.39, 0.29) is 29.3 Å². The molecular weight excluding hydrogens is 279 g/mol. The summed E-state index contributed by atoms with van der Waals surface area (Å²) in [6.45, 7) is 8.78. The van der Waals surface area contributed by atoms with Crippen LogP contribution in [-0.2, 0) is 0 Å². The molecule has 0 unspecified atom stereocenters. The van der Waals surface area contributed by atoms with E-state index in [1.165, 1.54) is 5.56 Å². The van der Waals surface area contributed by atoms with E-state index in [4.69, 9.17) is 22.6 Å². The fraction of sp³-hybridized carbons (Fsp3) is 0.533. The number of rotatable bonds is 1. The topological polar surface area (TPSA) is 49.8 Å². The molecule has 4 heteroatoms. The van der Waals surface area contributed by atoms with E-state index in [1.807, 2.05) is 12.1 Å². The van der Waals surface area contributed by atoms with Crippen molar-refractivity contribution in [1.82, 2.24) is 0 Å². The largest absolute Gasteiger partial charge is 0.327 e. The Morgan fingerprint density at radius 3 is 2.16 bits per heavy atom. The van der Waals surface area contributed by atoms with Crippen LogP contribution in [0.1, 0.15) is 44.7 Å². The first-order chi connectivity index (χ1) is 8.22. The van der Waals surface area contributed by atoms with E-state index >= 15 is 0 Å². The smallest absolute Gasteiger partial charge is 0.101 e. The molecule has 1 aromatic carbocycles. The second kappa shape index (κ2) is 4.98. The van der Waals surface area contributed by atoms with Gasteiger partial charge < -0.3 is 5.73 Å². The van der Waals surface area contributed by atoms with Crippen molar-refractivity contribution in [2.24, 2.45) is 16.6 Å². The summed E-state index contributed by atoms with van der Waals surface area (Å²) in [6.07, 6.45) is 0. The first-order valence-electron chi connectivity index (χ1n) is 6.18. The Labute approximate surface area is 126 Å². The van der Waals surface area contributed by atoms with E-state index < -0.39 is 0 Å². The maximum absolute atomic E-state index is 8.91. The second-order valence-corrected chi connectivity index (χ2v) is 6.81. The van der Waals surface area contributed by atoms with Gasteiger partial charge in [0.1, 0.15) is 6.07 Å². The highest BCUT2D eigenvalue weighted by atomic mass is 35.5. The molecule has 1 aliphatic carbocycles. The zero-order valence-electron chi connectivity index (χ0n) is 11.7. The molecule has 0 heterocycles. The quantitative estimate of drug-likeness (QED) is 0.848. The van der Waals surface area contributed by atoms with Gasteiger partial charge in [-0.25, -0.2) is 0 Å². The monoisotopic (exact) mass is 298 g/mol. The lowest BCUT2D eigenvalue weighted by atomic mass is 9.43. The van der Waals surface area contributed by atoms with Crippen molar-refractivity contribution in [3.05, 3.63) is 34.3 Å². The van der Waals surface area contributed by atoms with Gasteiger partial charge >= 0.3 is 0 Å². The van der Waals surface area contributed by atoms with Crippen molar-refractivity contribution in [3.63, 3.8) is 0 Å². The molecule has 0 amide bonds. The number of nitriles is 1. The SMILES string of the molecule is CC1(C)C(N)C(C)(C)C1c1ccc(C#N)c(Cl)c1.Cl. The van der Waals surface area contributed by atoms with Gasteiger partial charge in [-0.3, -0.25) is 0 Å². The van der Waals surface area contributed by atoms with Gasteiger partial charge in [0.15, 0.2) is 0 Å². The van der Waals surface area contributed by atoms with Crippen molar-refractivity contribution in [2.45, 2.75) is 39.7 Å². The summed E-state index contributed by atoms with van der Waals surface area (Å²) in [4.78, 5) is 0. The number of halogens is 2. The summed E-state index contributed by atoms with van der Waals surface area (Å²) in [5.74, 6) is 0.366. The molecule has 0 atom stereocenters. The standard InChI is InChI=1S/C15H19ClN2.ClH/c1-14(2)12(15(3,4)13(14)18)9-5-6-10(8-17)11(16)7-9;/h5-7,12-13H,18H2,1-4H3;1H. The number of nitrogens with zero attached hydrogens (tertiary/aromatic N) is 1. The molecule has 2 nitrogen and oxygen atoms in total. The summed E-state index contributed by atoms with van der Waals surface area (Å²) in [5, 5.41) is 9.44. The molecule has 1 fully saturated rings. The normalized spacial score (nSPS) is 26.8. The summed E-state index contributed by atoms with van der Waals surface area (Å²) in [7, 11) is 0. The van der Waals surface area contributed by atoms with Crippen LogP contribution in [0.4, 0.5) is 0 Å². The molecule has 1 aliphatic rings. The van der Waals surface area contributed by atoms with Crippen molar-refractivity contribution in [1.29, 1.82) is 5.26 Å². The molecule has 0 radical (unpaired) electrons. The minimum atomic E-state index is 0. The summed E-state index contributed by atoms with van der Waals surface area (Å²) in [5.41, 5.74) is 8.09. The van der Waals surface area contributed by atoms with Gasteiger partial charge in [-0.2, -0.15) is 5.26 Å². The molecule has 0 aromatic heterocycles. The number of hydrogen-bond acceptors (Lipinski definition) is 2. The van der Waals surface area contributed by atoms with E-state index in [9.17, 15) is 0 Å². The van der Waals surface area contributed by atoms with E-state index in [0.29, 0.717) is 16.5 Å². The first kappa shape index (κ1) is 16.3. The highest BCUT2D eigenvalue weighted by Gasteiger charge is 2.60. The summed E-state index contributed by atoms with van der Waals surface area (Å²) in [6, 6.07) is 7.98. The molecule has 2 rings (SSSR count). The lowest BCUT2D eigenvalue weighted by Crippen LogP contribution is -2.66. The van der Waals surface area contributed by atoms with Crippen molar-refractivity contribution in [3.8, 4) is 6.07 Å². The Morgan fingerprint density at radius 2 is 1.74 bits per heavy atom. The Hall–Kier alpha value is -0.750. The molecule has 104 valence electrons. The highest BCUT2D eigenvalue weighted by molar-refractivity contribution is 6.31. The third kappa shape index (κ3) is 2.25. The zero-order valence-corrected chi connectivity index (χ0v) is 13.3. The highest BCUT2D eigenvalue weighted by Crippen LogP contribution is 2.63. The first-order valence-corrected chi connectivity index (χ1v) is 6.56. The molecule has 0 bridgehead atoms. The number of hydrogen-bond donors (Lipinski definition) is 1. The van der Waals surface area contributed by atoms with E-state index in [0.717, 1.165) is 0 Å². The van der Waals surface area contributed by atoms with Gasteiger partial charge in [0.05, 0.1) is 10.6 Å². The van der Waals surface area contributed by atoms with Gasteiger partial charge in [0.25, 0.3) is 0 Å². The maximum Gasteiger partial charge on any atom is 0.101 e. The molecule has 0 aliphatic heterocycles. The van der Waals surface area contributed by atoms with Crippen LogP contribution in [-0.4, -0.2) is 6.04 Å². The van der Waals surface area contributed by atoms with Gasteiger partial charge in [-0.15, -0.1) is 12.4 Å². The molecule has 1 aromatic rings. The molecule has 2 N–H and O–H groups in total. The number of nitrogens with two attached hydrogens (primary N) is 1. The summed E-state index contributed by atoms with van der Waals surface area (Å²) < 4.78 is 0. The molecule has 19 heavy (non-hydrogen) atoms. The average Bonchev–Trinajstić information content (AvgIpc) is 2.27. The van der Waals surface area contributed by atoms with Crippen molar-refractivity contribution >= 4 is 24.0 Å². The fourth-order valence-electron chi connectivity index (χ4n) is 3.84. The fourth-order valence-corrected chi connectivity index (χ4v) is 4.07. The Kier molecular flexibility index (Phi) is 4.27. The molecule has 0 spiro atoms. The lowest BCUT2D eigenvalue weighted by Gasteiger charge is -2.63. The van der Waals surface area contributed by atoms with Crippen LogP contribution in [0.3, 0.4) is 0 Å². The van der Waals surface area contributed by atoms with Gasteiger partial charge in [-0.1, -0.05) is 45.4 Å². The van der Waals surface area contributed by atoms with E-state index in [2.05, 4.69) is 33.8 Å². The third-order valence-corrected chi connectivity index (χ3v) is 4.85. The Bertz CT molecular complexity index is 513. The van der Waals surface area contributed by atoms with Crippen LogP contribution in [0, 0.1) is 22.2 Å². The van der Waals surface area contributed by atoms with Crippen LogP contribution in [0.5, 0.6) is 0 Å². The maximum atomic E-state index is 8.91. The van der Waals surface area contributed by atoms with Crippen LogP contribution >= 0.6 is 24.0 Å². The molecule has 1 saturated carbocycles. The van der Waals surface area contributed by atoms with Gasteiger partial charge in [0.2, 0.25) is 0 Å². The molecular formula is C15H20Cl2N2. The minimum absolute atomic E-state index is 0. The minimum Gasteiger partial charge on any atom is -0.327 e.